The highest BCUT2D eigenvalue weighted by atomic mass is 16.6. The topological polar surface area (TPSA) is 53.0 Å². The molecular formula is C24H34N2O3. The average molecular weight is 399 g/mol. The summed E-state index contributed by atoms with van der Waals surface area (Å²) in [7, 11) is 0. The summed E-state index contributed by atoms with van der Waals surface area (Å²) in [6.45, 7) is 3.10. The molecular weight excluding hydrogens is 364 g/mol. The quantitative estimate of drug-likeness (QED) is 0.838. The average Bonchev–Trinajstić information content (AvgIpc) is 2.86. The summed E-state index contributed by atoms with van der Waals surface area (Å²) < 4.78 is 5.37. The smallest absolute Gasteiger partial charge is 0.410 e. The molecule has 5 nitrogen and oxygen atoms in total. The predicted molar refractivity (Wildman–Crippen MR) is 111 cm³/mol. The second-order valence-electron chi connectivity index (χ2n) is 9.50. The lowest BCUT2D eigenvalue weighted by Gasteiger charge is -2.54. The Bertz CT molecular complexity index is 720. The number of nitrogens with zero attached hydrogens (tertiary/aromatic N) is 2. The van der Waals surface area contributed by atoms with E-state index in [9.17, 15) is 9.90 Å². The van der Waals surface area contributed by atoms with Gasteiger partial charge in [0.2, 0.25) is 0 Å². The van der Waals surface area contributed by atoms with Crippen molar-refractivity contribution in [1.29, 1.82) is 0 Å². The molecule has 1 aliphatic carbocycles. The Hall–Kier alpha value is -1.59. The van der Waals surface area contributed by atoms with Crippen LogP contribution in [0.15, 0.2) is 30.3 Å². The Morgan fingerprint density at radius 1 is 1.03 bits per heavy atom. The van der Waals surface area contributed by atoms with Gasteiger partial charge in [-0.2, -0.15) is 0 Å². The molecule has 6 atom stereocenters. The lowest BCUT2D eigenvalue weighted by molar-refractivity contribution is -0.0590. The highest BCUT2D eigenvalue weighted by Crippen LogP contribution is 2.52. The molecule has 5 heteroatoms. The van der Waals surface area contributed by atoms with Crippen molar-refractivity contribution in [3.63, 3.8) is 0 Å². The van der Waals surface area contributed by atoms with Crippen molar-refractivity contribution in [2.75, 3.05) is 6.61 Å². The molecule has 5 rings (SSSR count). The molecule has 1 aromatic rings. The molecule has 1 aromatic carbocycles. The van der Waals surface area contributed by atoms with Crippen molar-refractivity contribution < 1.29 is 14.6 Å². The number of carbonyl (C=O) groups is 1. The van der Waals surface area contributed by atoms with E-state index in [2.05, 4.69) is 35.2 Å². The van der Waals surface area contributed by atoms with Crippen LogP contribution in [-0.2, 0) is 11.3 Å². The fourth-order valence-corrected chi connectivity index (χ4v) is 7.02. The number of benzene rings is 1. The first-order valence-corrected chi connectivity index (χ1v) is 11.6. The first-order valence-electron chi connectivity index (χ1n) is 11.6. The molecule has 3 bridgehead atoms. The first-order chi connectivity index (χ1) is 14.2. The second-order valence-corrected chi connectivity index (χ2v) is 9.50. The Labute approximate surface area is 174 Å². The molecule has 1 saturated carbocycles. The van der Waals surface area contributed by atoms with Gasteiger partial charge in [-0.05, 0) is 50.0 Å². The predicted octanol–water partition coefficient (Wildman–Crippen LogP) is 3.80. The van der Waals surface area contributed by atoms with Gasteiger partial charge in [0.25, 0.3) is 0 Å². The zero-order chi connectivity index (χ0) is 20.0. The maximum Gasteiger partial charge on any atom is 0.410 e. The minimum absolute atomic E-state index is 0.0234. The van der Waals surface area contributed by atoms with Crippen LogP contribution in [0.25, 0.3) is 0 Å². The van der Waals surface area contributed by atoms with Gasteiger partial charge >= 0.3 is 6.09 Å². The van der Waals surface area contributed by atoms with Crippen LogP contribution in [-0.4, -0.2) is 57.9 Å². The zero-order valence-electron chi connectivity index (χ0n) is 17.5. The number of amides is 1. The molecule has 29 heavy (non-hydrogen) atoms. The fraction of sp³-hybridized carbons (Fsp3) is 0.708. The van der Waals surface area contributed by atoms with Crippen molar-refractivity contribution in [3.05, 3.63) is 35.9 Å². The standard InChI is InChI=1S/C24H34N2O3/c1-2-29-24(28)26-19-13-18-14-20(26)23(27)22(19)25(15-16-9-5-3-6-10-16)21(18)17-11-7-4-8-12-17/h3,5-6,9-10,17-23,27H,2,4,7-8,11-15H2,1H3/t18?,19?,20?,21?,22?,23-/m0/s1. The van der Waals surface area contributed by atoms with Crippen molar-refractivity contribution in [2.45, 2.75) is 88.7 Å². The molecule has 3 saturated heterocycles. The van der Waals surface area contributed by atoms with Crippen LogP contribution in [0.1, 0.15) is 57.4 Å². The monoisotopic (exact) mass is 398 g/mol. The number of likely N-dealkylation sites (tertiary alicyclic amines) is 1. The number of aliphatic hydroxyl groups excluding tert-OH is 1. The normalized spacial score (nSPS) is 37.1. The highest BCUT2D eigenvalue weighted by molar-refractivity contribution is 5.70. The molecule has 158 valence electrons. The number of aliphatic hydroxyl groups is 1. The molecule has 4 aliphatic rings. The number of fused-ring (bicyclic) bond motifs is 2. The highest BCUT2D eigenvalue weighted by Gasteiger charge is 2.63. The number of carbonyl (C=O) groups excluding carboxylic acids is 1. The molecule has 1 amide bonds. The molecule has 4 fully saturated rings. The van der Waals surface area contributed by atoms with Crippen LogP contribution in [0.2, 0.25) is 0 Å². The Kier molecular flexibility index (Phi) is 5.29. The van der Waals surface area contributed by atoms with E-state index in [0.717, 1.165) is 25.3 Å². The molecule has 0 radical (unpaired) electrons. The molecule has 3 heterocycles. The van der Waals surface area contributed by atoms with Crippen molar-refractivity contribution in [3.8, 4) is 0 Å². The SMILES string of the molecule is CCOC(=O)N1C2CC3CC1[C@H](O)C2N(Cc1ccccc1)C3C1CCCCC1. The van der Waals surface area contributed by atoms with Crippen LogP contribution < -0.4 is 0 Å². The molecule has 0 spiro atoms. The maximum atomic E-state index is 12.7. The van der Waals surface area contributed by atoms with Crippen molar-refractivity contribution in [1.82, 2.24) is 9.80 Å². The lowest BCUT2D eigenvalue weighted by Crippen LogP contribution is -2.63. The fourth-order valence-electron chi connectivity index (χ4n) is 7.02. The van der Waals surface area contributed by atoms with Gasteiger partial charge in [-0.1, -0.05) is 49.6 Å². The maximum absolute atomic E-state index is 12.7. The van der Waals surface area contributed by atoms with Gasteiger partial charge in [-0.15, -0.1) is 0 Å². The van der Waals surface area contributed by atoms with E-state index in [1.165, 1.54) is 37.7 Å². The van der Waals surface area contributed by atoms with E-state index in [4.69, 9.17) is 4.74 Å². The number of piperidine rings is 2. The largest absolute Gasteiger partial charge is 0.450 e. The van der Waals surface area contributed by atoms with Crippen LogP contribution in [0.3, 0.4) is 0 Å². The van der Waals surface area contributed by atoms with Gasteiger partial charge in [-0.25, -0.2) is 4.79 Å². The van der Waals surface area contributed by atoms with E-state index < -0.39 is 6.10 Å². The van der Waals surface area contributed by atoms with Gasteiger partial charge < -0.3 is 9.84 Å². The van der Waals surface area contributed by atoms with E-state index in [1.807, 2.05) is 11.8 Å². The van der Waals surface area contributed by atoms with Gasteiger partial charge in [0.15, 0.2) is 0 Å². The number of rotatable bonds is 4. The van der Waals surface area contributed by atoms with Crippen molar-refractivity contribution in [2.24, 2.45) is 11.8 Å². The van der Waals surface area contributed by atoms with Gasteiger partial charge in [0.1, 0.15) is 0 Å². The van der Waals surface area contributed by atoms with Gasteiger partial charge in [0.05, 0.1) is 30.8 Å². The van der Waals surface area contributed by atoms with Gasteiger partial charge in [-0.3, -0.25) is 9.80 Å². The Morgan fingerprint density at radius 3 is 2.48 bits per heavy atom. The second kappa shape index (κ2) is 7.92. The zero-order valence-corrected chi connectivity index (χ0v) is 17.5. The summed E-state index contributed by atoms with van der Waals surface area (Å²) in [4.78, 5) is 17.2. The van der Waals surface area contributed by atoms with Crippen LogP contribution in [0.4, 0.5) is 4.79 Å². The molecule has 3 aliphatic heterocycles. The molecule has 0 aromatic heterocycles. The van der Waals surface area contributed by atoms with E-state index >= 15 is 0 Å². The van der Waals surface area contributed by atoms with E-state index in [-0.39, 0.29) is 24.2 Å². The summed E-state index contributed by atoms with van der Waals surface area (Å²) in [5, 5.41) is 11.3. The van der Waals surface area contributed by atoms with Crippen LogP contribution in [0.5, 0.6) is 0 Å². The third kappa shape index (κ3) is 3.27. The van der Waals surface area contributed by atoms with Gasteiger partial charge in [0, 0.05) is 12.6 Å². The van der Waals surface area contributed by atoms with E-state index in [0.29, 0.717) is 18.6 Å². The molecule has 5 unspecified atom stereocenters. The minimum atomic E-state index is -0.480. The summed E-state index contributed by atoms with van der Waals surface area (Å²) >= 11 is 0. The number of hydrogen-bond acceptors (Lipinski definition) is 4. The summed E-state index contributed by atoms with van der Waals surface area (Å²) in [6.07, 6.45) is 7.87. The Morgan fingerprint density at radius 2 is 1.76 bits per heavy atom. The lowest BCUT2D eigenvalue weighted by atomic mass is 9.71. The summed E-state index contributed by atoms with van der Waals surface area (Å²) in [5.74, 6) is 1.29. The third-order valence-corrected chi connectivity index (χ3v) is 8.01. The number of ether oxygens (including phenoxy) is 1. The molecule has 1 N–H and O–H groups in total. The summed E-state index contributed by atoms with van der Waals surface area (Å²) in [5.41, 5.74) is 1.30. The van der Waals surface area contributed by atoms with Crippen LogP contribution >= 0.6 is 0 Å². The Balaban J connectivity index is 1.48. The van der Waals surface area contributed by atoms with Crippen LogP contribution in [0, 0.1) is 11.8 Å². The minimum Gasteiger partial charge on any atom is -0.450 e. The first kappa shape index (κ1) is 19.4. The third-order valence-electron chi connectivity index (χ3n) is 8.01. The number of hydrogen-bond donors (Lipinski definition) is 1. The van der Waals surface area contributed by atoms with E-state index in [1.54, 1.807) is 0 Å². The summed E-state index contributed by atoms with van der Waals surface area (Å²) in [6, 6.07) is 11.2. The van der Waals surface area contributed by atoms with Crippen molar-refractivity contribution >= 4 is 6.09 Å².